The average Bonchev–Trinajstić information content (AvgIpc) is 2.48. The van der Waals surface area contributed by atoms with Crippen molar-refractivity contribution in [2.45, 2.75) is 6.04 Å². The molecule has 0 aliphatic carbocycles. The van der Waals surface area contributed by atoms with E-state index in [1.807, 2.05) is 36.4 Å². The minimum Gasteiger partial charge on any atom is -0.327 e. The van der Waals surface area contributed by atoms with Crippen LogP contribution in [0.4, 0.5) is 9.18 Å². The molecule has 2 aromatic rings. The molecule has 0 radical (unpaired) electrons. The van der Waals surface area contributed by atoms with Crippen molar-refractivity contribution in [2.75, 3.05) is 0 Å². The van der Waals surface area contributed by atoms with Crippen LogP contribution in [0.5, 0.6) is 0 Å². The maximum Gasteiger partial charge on any atom is 0.319 e. The Morgan fingerprint density at radius 2 is 1.65 bits per heavy atom. The van der Waals surface area contributed by atoms with Crippen LogP contribution in [0.2, 0.25) is 0 Å². The molecule has 0 aromatic heterocycles. The van der Waals surface area contributed by atoms with Crippen LogP contribution in [0.1, 0.15) is 17.2 Å². The van der Waals surface area contributed by atoms with Gasteiger partial charge < -0.3 is 10.6 Å². The van der Waals surface area contributed by atoms with Gasteiger partial charge in [0, 0.05) is 11.3 Å². The zero-order chi connectivity index (χ0) is 13.9. The molecule has 0 spiro atoms. The second kappa shape index (κ2) is 5.17. The summed E-state index contributed by atoms with van der Waals surface area (Å²) in [6.45, 7) is 0. The molecule has 4 heteroatoms. The van der Waals surface area contributed by atoms with Gasteiger partial charge in [-0.15, -0.1) is 0 Å². The summed E-state index contributed by atoms with van der Waals surface area (Å²) in [5.74, 6) is -0.330. The van der Waals surface area contributed by atoms with E-state index in [1.54, 1.807) is 18.2 Å². The summed E-state index contributed by atoms with van der Waals surface area (Å²) in [5.41, 5.74) is 2.03. The fourth-order valence-electron chi connectivity index (χ4n) is 2.23. The number of halogens is 1. The lowest BCUT2D eigenvalue weighted by atomic mass is 10.0. The SMILES string of the molecule is O=C1NC(c2ccccc2)=CC(c2ccccc2F)N1. The first kappa shape index (κ1) is 12.4. The highest BCUT2D eigenvalue weighted by atomic mass is 19.1. The van der Waals surface area contributed by atoms with Crippen molar-refractivity contribution < 1.29 is 9.18 Å². The average molecular weight is 268 g/mol. The third-order valence-electron chi connectivity index (χ3n) is 3.19. The predicted octanol–water partition coefficient (Wildman–Crippen LogP) is 3.22. The molecular formula is C16H13FN2O. The number of hydrogen-bond acceptors (Lipinski definition) is 1. The van der Waals surface area contributed by atoms with Crippen LogP contribution < -0.4 is 10.6 Å². The highest BCUT2D eigenvalue weighted by Crippen LogP contribution is 2.24. The minimum atomic E-state index is -0.472. The van der Waals surface area contributed by atoms with Gasteiger partial charge in [-0.3, -0.25) is 0 Å². The lowest BCUT2D eigenvalue weighted by Crippen LogP contribution is -2.41. The summed E-state index contributed by atoms with van der Waals surface area (Å²) in [4.78, 5) is 11.8. The van der Waals surface area contributed by atoms with E-state index < -0.39 is 6.04 Å². The lowest BCUT2D eigenvalue weighted by molar-refractivity contribution is 0.241. The fraction of sp³-hybridized carbons (Fsp3) is 0.0625. The van der Waals surface area contributed by atoms with E-state index in [0.29, 0.717) is 11.3 Å². The molecule has 2 N–H and O–H groups in total. The first-order valence-electron chi connectivity index (χ1n) is 6.33. The van der Waals surface area contributed by atoms with Gasteiger partial charge in [0.15, 0.2) is 0 Å². The van der Waals surface area contributed by atoms with Gasteiger partial charge in [-0.05, 0) is 17.7 Å². The van der Waals surface area contributed by atoms with E-state index in [-0.39, 0.29) is 11.8 Å². The van der Waals surface area contributed by atoms with Gasteiger partial charge in [-0.25, -0.2) is 9.18 Å². The van der Waals surface area contributed by atoms with Gasteiger partial charge in [0.1, 0.15) is 5.82 Å². The van der Waals surface area contributed by atoms with Gasteiger partial charge in [0.05, 0.1) is 6.04 Å². The van der Waals surface area contributed by atoms with Crippen LogP contribution in [0, 0.1) is 5.82 Å². The second-order valence-electron chi connectivity index (χ2n) is 4.54. The number of benzene rings is 2. The molecule has 3 nitrogen and oxygen atoms in total. The first-order chi connectivity index (χ1) is 9.74. The molecule has 1 heterocycles. The highest BCUT2D eigenvalue weighted by molar-refractivity contribution is 5.88. The van der Waals surface area contributed by atoms with Crippen molar-refractivity contribution in [1.29, 1.82) is 0 Å². The zero-order valence-corrected chi connectivity index (χ0v) is 10.6. The Kier molecular flexibility index (Phi) is 3.21. The number of rotatable bonds is 2. The molecule has 2 amide bonds. The van der Waals surface area contributed by atoms with Crippen LogP contribution in [0.3, 0.4) is 0 Å². The van der Waals surface area contributed by atoms with Crippen molar-refractivity contribution in [3.8, 4) is 0 Å². The van der Waals surface area contributed by atoms with E-state index in [4.69, 9.17) is 0 Å². The maximum absolute atomic E-state index is 13.8. The molecule has 2 aromatic carbocycles. The van der Waals surface area contributed by atoms with Crippen LogP contribution in [0.25, 0.3) is 5.70 Å². The second-order valence-corrected chi connectivity index (χ2v) is 4.54. The summed E-state index contributed by atoms with van der Waals surface area (Å²) in [7, 11) is 0. The Morgan fingerprint density at radius 1 is 0.950 bits per heavy atom. The number of hydrogen-bond donors (Lipinski definition) is 2. The third kappa shape index (κ3) is 2.40. The summed E-state index contributed by atoms with van der Waals surface area (Å²) in [6, 6.07) is 15.1. The summed E-state index contributed by atoms with van der Waals surface area (Å²) >= 11 is 0. The molecule has 3 rings (SSSR count). The van der Waals surface area contributed by atoms with Crippen molar-refractivity contribution in [3.63, 3.8) is 0 Å². The lowest BCUT2D eigenvalue weighted by Gasteiger charge is -2.24. The van der Waals surface area contributed by atoms with Gasteiger partial charge in [-0.2, -0.15) is 0 Å². The molecular weight excluding hydrogens is 255 g/mol. The van der Waals surface area contributed by atoms with Crippen molar-refractivity contribution in [2.24, 2.45) is 0 Å². The van der Waals surface area contributed by atoms with Crippen LogP contribution >= 0.6 is 0 Å². The number of amides is 2. The van der Waals surface area contributed by atoms with Gasteiger partial charge in [-0.1, -0.05) is 48.5 Å². The molecule has 0 saturated heterocycles. The van der Waals surface area contributed by atoms with Gasteiger partial charge >= 0.3 is 6.03 Å². The summed E-state index contributed by atoms with van der Waals surface area (Å²) in [6.07, 6.45) is 1.81. The molecule has 1 aliphatic heterocycles. The molecule has 20 heavy (non-hydrogen) atoms. The number of urea groups is 1. The standard InChI is InChI=1S/C16H13FN2O/c17-13-9-5-4-8-12(13)15-10-14(18-16(20)19-15)11-6-2-1-3-7-11/h1-10,15H,(H2,18,19,20). The number of carbonyl (C=O) groups excluding carboxylic acids is 1. The zero-order valence-electron chi connectivity index (χ0n) is 10.6. The monoisotopic (exact) mass is 268 g/mol. The van der Waals surface area contributed by atoms with Crippen molar-refractivity contribution in [3.05, 3.63) is 77.6 Å². The normalized spacial score (nSPS) is 17.9. The number of carbonyl (C=O) groups is 1. The van der Waals surface area contributed by atoms with Crippen molar-refractivity contribution >= 4 is 11.7 Å². The van der Waals surface area contributed by atoms with E-state index in [9.17, 15) is 9.18 Å². The first-order valence-corrected chi connectivity index (χ1v) is 6.33. The maximum atomic E-state index is 13.8. The van der Waals surface area contributed by atoms with E-state index in [2.05, 4.69) is 10.6 Å². The Morgan fingerprint density at radius 3 is 2.40 bits per heavy atom. The Hall–Kier alpha value is -2.62. The summed E-state index contributed by atoms with van der Waals surface area (Å²) in [5, 5.41) is 5.45. The summed E-state index contributed by atoms with van der Waals surface area (Å²) < 4.78 is 13.8. The molecule has 0 bridgehead atoms. The largest absolute Gasteiger partial charge is 0.327 e. The van der Waals surface area contributed by atoms with Crippen LogP contribution in [0.15, 0.2) is 60.7 Å². The highest BCUT2D eigenvalue weighted by Gasteiger charge is 2.22. The van der Waals surface area contributed by atoms with Gasteiger partial charge in [0.2, 0.25) is 0 Å². The predicted molar refractivity (Wildman–Crippen MR) is 75.2 cm³/mol. The van der Waals surface area contributed by atoms with Crippen LogP contribution in [-0.2, 0) is 0 Å². The number of nitrogens with one attached hydrogen (secondary N) is 2. The quantitative estimate of drug-likeness (QED) is 0.862. The Labute approximate surface area is 116 Å². The topological polar surface area (TPSA) is 41.1 Å². The van der Waals surface area contributed by atoms with Gasteiger partial charge in [0.25, 0.3) is 0 Å². The molecule has 1 unspecified atom stereocenters. The Balaban J connectivity index is 2.01. The van der Waals surface area contributed by atoms with E-state index >= 15 is 0 Å². The van der Waals surface area contributed by atoms with Crippen LogP contribution in [-0.4, -0.2) is 6.03 Å². The molecule has 0 saturated carbocycles. The van der Waals surface area contributed by atoms with E-state index in [1.165, 1.54) is 6.07 Å². The molecule has 0 fully saturated rings. The minimum absolute atomic E-state index is 0.330. The molecule has 1 aliphatic rings. The third-order valence-corrected chi connectivity index (χ3v) is 3.19. The molecule has 100 valence electrons. The molecule has 1 atom stereocenters. The Bertz CT molecular complexity index is 667. The fourth-order valence-corrected chi connectivity index (χ4v) is 2.23. The van der Waals surface area contributed by atoms with E-state index in [0.717, 1.165) is 5.56 Å². The van der Waals surface area contributed by atoms with Crippen molar-refractivity contribution in [1.82, 2.24) is 10.6 Å². The smallest absolute Gasteiger partial charge is 0.319 e.